The topological polar surface area (TPSA) is 0 Å². The fourth-order valence-electron chi connectivity index (χ4n) is 11.2. The molecule has 0 nitrogen and oxygen atoms in total. The van der Waals surface area contributed by atoms with E-state index in [0.717, 1.165) is 0 Å². The van der Waals surface area contributed by atoms with E-state index in [0.29, 0.717) is 0 Å². The predicted octanol–water partition coefficient (Wildman–Crippen LogP) is 21.9. The van der Waals surface area contributed by atoms with Gasteiger partial charge in [0.15, 0.2) is 0 Å². The average molecular weight is 1010 g/mol. The molecule has 0 saturated carbocycles. The second-order valence-corrected chi connectivity index (χ2v) is 27.1. The highest BCUT2D eigenvalue weighted by Crippen LogP contribution is 2.61. The Morgan fingerprint density at radius 2 is 0.227 bits per heavy atom. The molecule has 0 aliphatic carbocycles. The number of rotatable bonds is 60. The van der Waals surface area contributed by atoms with Gasteiger partial charge < -0.3 is 17.0 Å². The minimum absolute atomic E-state index is 0. The number of halogens is 1. The van der Waals surface area contributed by atoms with Crippen molar-refractivity contribution in [3.05, 3.63) is 0 Å². The quantitative estimate of drug-likeness (QED) is 0.0421. The zero-order chi connectivity index (χ0) is 46.9. The van der Waals surface area contributed by atoms with Crippen molar-refractivity contribution in [3.8, 4) is 0 Å². The van der Waals surface area contributed by atoms with E-state index < -0.39 is 7.26 Å². The van der Waals surface area contributed by atoms with Crippen molar-refractivity contribution >= 4 is 7.26 Å². The van der Waals surface area contributed by atoms with Gasteiger partial charge in [0.1, 0.15) is 0 Å². The van der Waals surface area contributed by atoms with Crippen molar-refractivity contribution in [2.24, 2.45) is 0 Å². The molecule has 0 aromatic carbocycles. The van der Waals surface area contributed by atoms with Crippen LogP contribution in [0.1, 0.15) is 387 Å². The number of unbranched alkanes of at least 4 members (excludes halogenated alkanes) is 52. The second-order valence-electron chi connectivity index (χ2n) is 22.6. The molecule has 0 fully saturated rings. The van der Waals surface area contributed by atoms with Crippen LogP contribution in [0.3, 0.4) is 0 Å². The standard InChI is InChI=1S/C64H132P.BrH/c1-5-9-13-17-21-25-29-33-37-41-45-49-53-57-61-65(62-58-54-50-46-42-38-34-30-26-22-18-14-10-6-2,63-59-55-51-47-43-39-35-31-27-23-19-15-11-7-3)64-60-56-52-48-44-40-36-32-28-24-20-16-12-8-4;/h5-64H2,1-4H3;1H/q+1;/p-1. The molecule has 2 heteroatoms. The summed E-state index contributed by atoms with van der Waals surface area (Å²) < 4.78 is 0. The molecule has 0 amide bonds. The third-order valence-electron chi connectivity index (χ3n) is 15.9. The van der Waals surface area contributed by atoms with Crippen LogP contribution in [0.4, 0.5) is 0 Å². The molecule has 0 unspecified atom stereocenters. The van der Waals surface area contributed by atoms with Crippen molar-refractivity contribution in [1.82, 2.24) is 0 Å². The van der Waals surface area contributed by atoms with Gasteiger partial charge in [-0.25, -0.2) is 0 Å². The van der Waals surface area contributed by atoms with Gasteiger partial charge in [0.2, 0.25) is 0 Å². The zero-order valence-electron chi connectivity index (χ0n) is 47.3. The van der Waals surface area contributed by atoms with Crippen LogP contribution < -0.4 is 17.0 Å². The van der Waals surface area contributed by atoms with Crippen LogP contribution in [0, 0.1) is 0 Å². The summed E-state index contributed by atoms with van der Waals surface area (Å²) in [5, 5.41) is 0. The molecule has 0 aliphatic rings. The van der Waals surface area contributed by atoms with Crippen LogP contribution in [0.15, 0.2) is 0 Å². The first-order chi connectivity index (χ1) is 32.2. The van der Waals surface area contributed by atoms with E-state index in [1.54, 1.807) is 50.3 Å². The van der Waals surface area contributed by atoms with Gasteiger partial charge >= 0.3 is 0 Å². The lowest BCUT2D eigenvalue weighted by molar-refractivity contribution is -0.0000145. The SMILES string of the molecule is CCCCCCCCCCCCCCCC[P+](CCCCCCCCCCCCCCCC)(CCCCCCCCCCCCCCCC)CCCCCCCCCCCCCCCC.[Br-]. The van der Waals surface area contributed by atoms with E-state index in [1.165, 1.54) is 334 Å². The van der Waals surface area contributed by atoms with Crippen LogP contribution in [0.25, 0.3) is 0 Å². The van der Waals surface area contributed by atoms with E-state index in [4.69, 9.17) is 0 Å². The molecular formula is C64H132BrP. The maximum absolute atomic E-state index is 2.34. The van der Waals surface area contributed by atoms with Gasteiger partial charge in [-0.2, -0.15) is 0 Å². The highest BCUT2D eigenvalue weighted by Gasteiger charge is 2.35. The van der Waals surface area contributed by atoms with Crippen molar-refractivity contribution in [3.63, 3.8) is 0 Å². The first-order valence-corrected chi connectivity index (χ1v) is 34.6. The number of hydrogen-bond donors (Lipinski definition) is 0. The van der Waals surface area contributed by atoms with Gasteiger partial charge in [0.25, 0.3) is 0 Å². The monoisotopic (exact) mass is 1010 g/mol. The molecule has 0 rings (SSSR count). The van der Waals surface area contributed by atoms with Gasteiger partial charge in [0.05, 0.1) is 24.6 Å². The lowest BCUT2D eigenvalue weighted by Gasteiger charge is -2.28. The van der Waals surface area contributed by atoms with E-state index in [-0.39, 0.29) is 17.0 Å². The van der Waals surface area contributed by atoms with Crippen LogP contribution in [-0.4, -0.2) is 24.6 Å². The normalized spacial score (nSPS) is 11.8. The smallest absolute Gasteiger partial charge is 0.0594 e. The Morgan fingerprint density at radius 1 is 0.136 bits per heavy atom. The Hall–Kier alpha value is 0.910. The minimum Gasteiger partial charge on any atom is -1.00 e. The van der Waals surface area contributed by atoms with Crippen LogP contribution in [0.5, 0.6) is 0 Å². The van der Waals surface area contributed by atoms with Crippen LogP contribution in [0.2, 0.25) is 0 Å². The molecule has 66 heavy (non-hydrogen) atoms. The van der Waals surface area contributed by atoms with Crippen LogP contribution >= 0.6 is 7.26 Å². The van der Waals surface area contributed by atoms with Gasteiger partial charge in [-0.05, 0) is 51.4 Å². The first-order valence-electron chi connectivity index (χ1n) is 32.1. The first kappa shape index (κ1) is 69.0. The summed E-state index contributed by atoms with van der Waals surface area (Å²) in [4.78, 5) is 0. The zero-order valence-corrected chi connectivity index (χ0v) is 49.7. The maximum Gasteiger partial charge on any atom is 0.0594 e. The summed E-state index contributed by atoms with van der Waals surface area (Å²) in [7, 11) is -0.834. The molecule has 0 spiro atoms. The summed E-state index contributed by atoms with van der Waals surface area (Å²) in [6, 6.07) is 0. The Kier molecular flexibility index (Phi) is 64.8. The fourth-order valence-corrected chi connectivity index (χ4v) is 16.2. The van der Waals surface area contributed by atoms with E-state index >= 15 is 0 Å². The lowest BCUT2D eigenvalue weighted by atomic mass is 10.0. The summed E-state index contributed by atoms with van der Waals surface area (Å²) in [5.74, 6) is 0. The molecule has 0 N–H and O–H groups in total. The van der Waals surface area contributed by atoms with E-state index in [1.807, 2.05) is 0 Å². The highest BCUT2D eigenvalue weighted by atomic mass is 79.9. The van der Waals surface area contributed by atoms with Gasteiger partial charge in [-0.3, -0.25) is 0 Å². The van der Waals surface area contributed by atoms with Crippen LogP contribution in [-0.2, 0) is 0 Å². The van der Waals surface area contributed by atoms with Crippen molar-refractivity contribution < 1.29 is 17.0 Å². The third kappa shape index (κ3) is 55.8. The molecule has 0 heterocycles. The van der Waals surface area contributed by atoms with Crippen molar-refractivity contribution in [2.45, 2.75) is 387 Å². The summed E-state index contributed by atoms with van der Waals surface area (Å²) in [5.41, 5.74) is 0. The predicted molar refractivity (Wildman–Crippen MR) is 308 cm³/mol. The van der Waals surface area contributed by atoms with Crippen molar-refractivity contribution in [1.29, 1.82) is 0 Å². The number of hydrogen-bond acceptors (Lipinski definition) is 0. The lowest BCUT2D eigenvalue weighted by Crippen LogP contribution is -3.00. The third-order valence-corrected chi connectivity index (χ3v) is 21.0. The Bertz CT molecular complexity index is 677. The Labute approximate surface area is 433 Å². The molecule has 0 aromatic heterocycles. The molecule has 0 radical (unpaired) electrons. The fraction of sp³-hybridized carbons (Fsp3) is 1.00. The Morgan fingerprint density at radius 3 is 0.333 bits per heavy atom. The molecule has 0 aromatic rings. The molecule has 0 bridgehead atoms. The molecule has 0 saturated heterocycles. The van der Waals surface area contributed by atoms with Gasteiger partial charge in [-0.15, -0.1) is 0 Å². The summed E-state index contributed by atoms with van der Waals surface area (Å²) in [6.07, 6.45) is 90.3. The average Bonchev–Trinajstić information content (AvgIpc) is 3.32. The Balaban J connectivity index is 0. The van der Waals surface area contributed by atoms with E-state index in [2.05, 4.69) is 27.7 Å². The van der Waals surface area contributed by atoms with E-state index in [9.17, 15) is 0 Å². The summed E-state index contributed by atoms with van der Waals surface area (Å²) >= 11 is 0. The van der Waals surface area contributed by atoms with Gasteiger partial charge in [-0.1, -0.05) is 336 Å². The molecule has 0 aliphatic heterocycles. The molecule has 0 atom stereocenters. The highest BCUT2D eigenvalue weighted by molar-refractivity contribution is 7.75. The molecular weight excluding hydrogens is 880 g/mol. The van der Waals surface area contributed by atoms with Gasteiger partial charge in [0, 0.05) is 7.26 Å². The minimum atomic E-state index is -0.834. The van der Waals surface area contributed by atoms with Crippen molar-refractivity contribution in [2.75, 3.05) is 24.6 Å². The largest absolute Gasteiger partial charge is 1.00 e. The summed E-state index contributed by atoms with van der Waals surface area (Å²) in [6.45, 7) is 9.34. The molecule has 400 valence electrons. The maximum atomic E-state index is 2.34. The second kappa shape index (κ2) is 62.0.